The average molecular weight is 331 g/mol. The molecule has 0 fully saturated rings. The third kappa shape index (κ3) is 5.12. The molecule has 0 saturated carbocycles. The fraction of sp³-hybridized carbons (Fsp3) is 0.478. The first-order valence-electron chi connectivity index (χ1n) is 7.88. The molecule has 1 heteroatoms. The molecular weight excluding hydrogens is 292 g/mol. The van der Waals surface area contributed by atoms with Crippen LogP contribution in [0.15, 0.2) is 12.1 Å². The first-order valence-corrected chi connectivity index (χ1v) is 7.88. The molecule has 0 saturated heterocycles. The topological polar surface area (TPSA) is 20.2 Å². The molecule has 0 radical (unpaired) electrons. The van der Waals surface area contributed by atoms with Gasteiger partial charge in [0.1, 0.15) is 5.75 Å². The highest BCUT2D eigenvalue weighted by Gasteiger charge is 2.05. The van der Waals surface area contributed by atoms with E-state index in [2.05, 4.69) is 47.6 Å². The Labute approximate surface area is 150 Å². The van der Waals surface area contributed by atoms with Gasteiger partial charge in [0, 0.05) is 0 Å². The molecule has 0 amide bonds. The van der Waals surface area contributed by atoms with Crippen molar-refractivity contribution in [2.45, 2.75) is 77.2 Å². The van der Waals surface area contributed by atoms with Gasteiger partial charge in [0.25, 0.3) is 0 Å². The Kier molecular flexibility index (Phi) is 9.71. The smallest absolute Gasteiger partial charge is 0.121 e. The second-order valence-electron chi connectivity index (χ2n) is 6.49. The van der Waals surface area contributed by atoms with Gasteiger partial charge in [0.15, 0.2) is 0 Å². The van der Waals surface area contributed by atoms with Crippen molar-refractivity contribution in [2.24, 2.45) is 0 Å². The Morgan fingerprint density at radius 1 is 0.458 bits per heavy atom. The first kappa shape index (κ1) is 24.5. The third-order valence-corrected chi connectivity index (χ3v) is 5.06. The summed E-state index contributed by atoms with van der Waals surface area (Å²) in [7, 11) is 0. The van der Waals surface area contributed by atoms with Crippen LogP contribution in [-0.2, 0) is 0 Å². The predicted molar refractivity (Wildman–Crippen MR) is 111 cm³/mol. The normalized spacial score (nSPS) is 9.38. The monoisotopic (exact) mass is 330 g/mol. The molecule has 0 aliphatic carbocycles. The highest BCUT2D eigenvalue weighted by atomic mass is 16.3. The molecule has 136 valence electrons. The van der Waals surface area contributed by atoms with Crippen LogP contribution in [-0.4, -0.2) is 5.11 Å². The zero-order chi connectivity index (χ0) is 17.2. The largest absolute Gasteiger partial charge is 0.507 e. The van der Waals surface area contributed by atoms with Gasteiger partial charge >= 0.3 is 0 Å². The zero-order valence-electron chi connectivity index (χ0n) is 15.6. The summed E-state index contributed by atoms with van der Waals surface area (Å²) < 4.78 is 0. The van der Waals surface area contributed by atoms with Gasteiger partial charge in [-0.15, -0.1) is 0 Å². The van der Waals surface area contributed by atoms with Gasteiger partial charge in [-0.3, -0.25) is 0 Å². The predicted octanol–water partition coefficient (Wildman–Crippen LogP) is 7.13. The standard InChI is InChI=1S/C11H16.C10H14O.2CH4/c1-7-6-8(2)10(4)11(5)9(7)3;1-6-5-7(2)10(11)9(4)8(6)3;;/h6H,1-5H3;5,11H,1-4H3;2*1H4. The molecule has 1 N–H and O–H groups in total. The molecule has 2 aromatic rings. The number of rotatable bonds is 0. The van der Waals surface area contributed by atoms with Crippen molar-refractivity contribution in [3.63, 3.8) is 0 Å². The quantitative estimate of drug-likeness (QED) is 0.545. The molecule has 0 aliphatic rings. The van der Waals surface area contributed by atoms with E-state index in [0.29, 0.717) is 5.75 Å². The number of phenols is 1. The van der Waals surface area contributed by atoms with Gasteiger partial charge in [0.2, 0.25) is 0 Å². The van der Waals surface area contributed by atoms with Crippen LogP contribution in [0.3, 0.4) is 0 Å². The highest BCUT2D eigenvalue weighted by Crippen LogP contribution is 2.26. The molecule has 1 nitrogen and oxygen atoms in total. The van der Waals surface area contributed by atoms with E-state index in [0.717, 1.165) is 11.1 Å². The fourth-order valence-electron chi connectivity index (χ4n) is 2.68. The Bertz CT molecular complexity index is 580. The fourth-order valence-corrected chi connectivity index (χ4v) is 2.68. The van der Waals surface area contributed by atoms with Gasteiger partial charge in [-0.05, 0) is 112 Å². The molecule has 0 unspecified atom stereocenters. The van der Waals surface area contributed by atoms with E-state index in [1.165, 1.54) is 38.9 Å². The molecule has 2 rings (SSSR count). The van der Waals surface area contributed by atoms with E-state index in [-0.39, 0.29) is 14.9 Å². The number of benzene rings is 2. The molecule has 2 aromatic carbocycles. The minimum Gasteiger partial charge on any atom is -0.507 e. The SMILES string of the molecule is C.C.Cc1cc(C)c(C)c(C)c1C.Cc1cc(C)c(O)c(C)c1C. The molecule has 0 atom stereocenters. The summed E-state index contributed by atoms with van der Waals surface area (Å²) in [6.45, 7) is 18.9. The lowest BCUT2D eigenvalue weighted by Gasteiger charge is -2.10. The molecule has 0 spiro atoms. The summed E-state index contributed by atoms with van der Waals surface area (Å²) in [5, 5.41) is 9.51. The van der Waals surface area contributed by atoms with Crippen LogP contribution >= 0.6 is 0 Å². The van der Waals surface area contributed by atoms with E-state index in [9.17, 15) is 5.11 Å². The number of aryl methyl sites for hydroxylation is 4. The summed E-state index contributed by atoms with van der Waals surface area (Å²) in [6, 6.07) is 4.27. The number of hydrogen-bond donors (Lipinski definition) is 1. The van der Waals surface area contributed by atoms with Crippen molar-refractivity contribution in [2.75, 3.05) is 0 Å². The van der Waals surface area contributed by atoms with Gasteiger partial charge in [-0.2, -0.15) is 0 Å². The maximum atomic E-state index is 9.51. The van der Waals surface area contributed by atoms with Crippen molar-refractivity contribution < 1.29 is 5.11 Å². The van der Waals surface area contributed by atoms with Crippen LogP contribution in [0, 0.1) is 62.3 Å². The Hall–Kier alpha value is -1.76. The van der Waals surface area contributed by atoms with Crippen molar-refractivity contribution >= 4 is 0 Å². The minimum absolute atomic E-state index is 0. The lowest BCUT2D eigenvalue weighted by atomic mass is 9.96. The van der Waals surface area contributed by atoms with Gasteiger partial charge in [0.05, 0.1) is 0 Å². The molecule has 24 heavy (non-hydrogen) atoms. The van der Waals surface area contributed by atoms with Gasteiger partial charge < -0.3 is 5.11 Å². The molecule has 0 aromatic heterocycles. The highest BCUT2D eigenvalue weighted by molar-refractivity contribution is 5.47. The van der Waals surface area contributed by atoms with Crippen molar-refractivity contribution in [3.05, 3.63) is 62.2 Å². The molecular formula is C23H38O. The van der Waals surface area contributed by atoms with Crippen LogP contribution in [0.2, 0.25) is 0 Å². The summed E-state index contributed by atoms with van der Waals surface area (Å²) in [5.74, 6) is 0.438. The zero-order valence-corrected chi connectivity index (χ0v) is 15.6. The van der Waals surface area contributed by atoms with Gasteiger partial charge in [-0.1, -0.05) is 27.0 Å². The lowest BCUT2D eigenvalue weighted by Crippen LogP contribution is -1.93. The first-order chi connectivity index (χ1) is 10.1. The molecule has 0 bridgehead atoms. The van der Waals surface area contributed by atoms with E-state index in [1.807, 2.05) is 26.8 Å². The maximum Gasteiger partial charge on any atom is 0.121 e. The van der Waals surface area contributed by atoms with Crippen LogP contribution in [0.4, 0.5) is 0 Å². The lowest BCUT2D eigenvalue weighted by molar-refractivity contribution is 0.466. The number of aromatic hydroxyl groups is 1. The minimum atomic E-state index is 0. The Balaban J connectivity index is 0. The second-order valence-corrected chi connectivity index (χ2v) is 6.49. The van der Waals surface area contributed by atoms with Crippen molar-refractivity contribution in [1.29, 1.82) is 0 Å². The van der Waals surface area contributed by atoms with Crippen LogP contribution in [0.25, 0.3) is 0 Å². The maximum absolute atomic E-state index is 9.51. The Morgan fingerprint density at radius 3 is 1.12 bits per heavy atom. The third-order valence-electron chi connectivity index (χ3n) is 5.06. The second kappa shape index (κ2) is 9.52. The van der Waals surface area contributed by atoms with Gasteiger partial charge in [-0.25, -0.2) is 0 Å². The molecule has 0 aliphatic heterocycles. The summed E-state index contributed by atoms with van der Waals surface area (Å²) in [6.07, 6.45) is 0. The summed E-state index contributed by atoms with van der Waals surface area (Å²) >= 11 is 0. The Morgan fingerprint density at radius 2 is 0.750 bits per heavy atom. The van der Waals surface area contributed by atoms with E-state index < -0.39 is 0 Å². The molecule has 0 heterocycles. The van der Waals surface area contributed by atoms with Crippen molar-refractivity contribution in [3.8, 4) is 5.75 Å². The van der Waals surface area contributed by atoms with Crippen LogP contribution in [0.1, 0.15) is 64.9 Å². The van der Waals surface area contributed by atoms with E-state index in [4.69, 9.17) is 0 Å². The summed E-state index contributed by atoms with van der Waals surface area (Å²) in [4.78, 5) is 0. The number of phenolic OH excluding ortho intramolecular Hbond substituents is 1. The van der Waals surface area contributed by atoms with E-state index in [1.54, 1.807) is 0 Å². The number of hydrogen-bond acceptors (Lipinski definition) is 1. The summed E-state index contributed by atoms with van der Waals surface area (Å²) in [5.41, 5.74) is 11.5. The van der Waals surface area contributed by atoms with Crippen LogP contribution < -0.4 is 0 Å². The van der Waals surface area contributed by atoms with Crippen LogP contribution in [0.5, 0.6) is 5.75 Å². The average Bonchev–Trinajstić information content (AvgIpc) is 2.47. The van der Waals surface area contributed by atoms with Crippen molar-refractivity contribution in [1.82, 2.24) is 0 Å². The van der Waals surface area contributed by atoms with E-state index >= 15 is 0 Å².